The standard InChI is InChI=1S/C21H30N6O.HI/c1-22-20(28)18-9-7-8-17(16-18)11-15-27-21(23-2)26-14-6-5-13-25-19-10-3-4-12-24-19;/h3-4,7-10,12,16H,5-6,11,13-15H2,1-2H3,(H,22,28)(H,24,25)(H2,23,26,27);1H. The van der Waals surface area contributed by atoms with Crippen molar-refractivity contribution in [2.45, 2.75) is 19.3 Å². The third-order valence-corrected chi connectivity index (χ3v) is 4.21. The second kappa shape index (κ2) is 14.6. The second-order valence-electron chi connectivity index (χ2n) is 6.30. The summed E-state index contributed by atoms with van der Waals surface area (Å²) in [4.78, 5) is 20.2. The number of rotatable bonds is 10. The molecule has 1 aromatic heterocycles. The first-order valence-corrected chi connectivity index (χ1v) is 9.63. The SMILES string of the molecule is CN=C(NCCCCNc1ccccn1)NCCc1cccc(C(=O)NC)c1.I. The second-order valence-corrected chi connectivity index (χ2v) is 6.30. The number of hydrogen-bond acceptors (Lipinski definition) is 4. The minimum Gasteiger partial charge on any atom is -0.370 e. The summed E-state index contributed by atoms with van der Waals surface area (Å²) in [5.74, 6) is 1.64. The van der Waals surface area contributed by atoms with Crippen LogP contribution in [0.4, 0.5) is 5.82 Å². The smallest absolute Gasteiger partial charge is 0.251 e. The van der Waals surface area contributed by atoms with Gasteiger partial charge >= 0.3 is 0 Å². The van der Waals surface area contributed by atoms with Crippen LogP contribution in [-0.4, -0.2) is 50.6 Å². The minimum atomic E-state index is -0.0650. The molecule has 1 amide bonds. The number of amides is 1. The molecule has 0 radical (unpaired) electrons. The van der Waals surface area contributed by atoms with E-state index in [1.165, 1.54) is 0 Å². The normalized spacial score (nSPS) is 10.6. The molecule has 0 aliphatic heterocycles. The predicted molar refractivity (Wildman–Crippen MR) is 130 cm³/mol. The number of benzene rings is 1. The van der Waals surface area contributed by atoms with E-state index < -0.39 is 0 Å². The monoisotopic (exact) mass is 510 g/mol. The van der Waals surface area contributed by atoms with Crippen LogP contribution < -0.4 is 21.3 Å². The molecule has 158 valence electrons. The lowest BCUT2D eigenvalue weighted by Gasteiger charge is -2.12. The summed E-state index contributed by atoms with van der Waals surface area (Å²) < 4.78 is 0. The fourth-order valence-corrected chi connectivity index (χ4v) is 2.70. The third-order valence-electron chi connectivity index (χ3n) is 4.21. The highest BCUT2D eigenvalue weighted by Crippen LogP contribution is 2.05. The molecule has 8 heteroatoms. The summed E-state index contributed by atoms with van der Waals surface area (Å²) in [6.45, 7) is 2.50. The maximum absolute atomic E-state index is 11.7. The Morgan fingerprint density at radius 1 is 1.03 bits per heavy atom. The number of guanidine groups is 1. The molecule has 1 heterocycles. The van der Waals surface area contributed by atoms with Gasteiger partial charge in [0.15, 0.2) is 5.96 Å². The lowest BCUT2D eigenvalue weighted by molar-refractivity contribution is 0.0963. The van der Waals surface area contributed by atoms with E-state index in [4.69, 9.17) is 0 Å². The van der Waals surface area contributed by atoms with Gasteiger partial charge in [0, 0.05) is 45.5 Å². The van der Waals surface area contributed by atoms with Crippen molar-refractivity contribution in [1.82, 2.24) is 20.9 Å². The van der Waals surface area contributed by atoms with Crippen molar-refractivity contribution < 1.29 is 4.79 Å². The first kappa shape index (κ1) is 24.7. The number of anilines is 1. The average Bonchev–Trinajstić information content (AvgIpc) is 2.75. The molecular formula is C21H31IN6O. The van der Waals surface area contributed by atoms with Gasteiger partial charge in [-0.25, -0.2) is 4.98 Å². The molecule has 0 spiro atoms. The Bertz CT molecular complexity index is 754. The summed E-state index contributed by atoms with van der Waals surface area (Å²) >= 11 is 0. The molecule has 0 atom stereocenters. The van der Waals surface area contributed by atoms with Crippen molar-refractivity contribution >= 4 is 41.7 Å². The van der Waals surface area contributed by atoms with Gasteiger partial charge in [-0.05, 0) is 49.1 Å². The zero-order valence-corrected chi connectivity index (χ0v) is 19.4. The highest BCUT2D eigenvalue weighted by Gasteiger charge is 2.04. The maximum atomic E-state index is 11.7. The van der Waals surface area contributed by atoms with Crippen molar-refractivity contribution in [2.75, 3.05) is 39.0 Å². The first-order chi connectivity index (χ1) is 13.7. The fourth-order valence-electron chi connectivity index (χ4n) is 2.70. The van der Waals surface area contributed by atoms with Gasteiger partial charge in [-0.1, -0.05) is 18.2 Å². The molecule has 0 saturated heterocycles. The minimum absolute atomic E-state index is 0. The van der Waals surface area contributed by atoms with Crippen molar-refractivity contribution in [3.63, 3.8) is 0 Å². The molecular weight excluding hydrogens is 479 g/mol. The molecule has 0 bridgehead atoms. The molecule has 0 unspecified atom stereocenters. The van der Waals surface area contributed by atoms with Crippen molar-refractivity contribution in [3.8, 4) is 0 Å². The van der Waals surface area contributed by atoms with E-state index >= 15 is 0 Å². The van der Waals surface area contributed by atoms with Gasteiger partial charge in [-0.2, -0.15) is 0 Å². The van der Waals surface area contributed by atoms with Gasteiger partial charge in [0.1, 0.15) is 5.82 Å². The number of halogens is 1. The van der Waals surface area contributed by atoms with Gasteiger partial charge in [-0.15, -0.1) is 24.0 Å². The van der Waals surface area contributed by atoms with Crippen LogP contribution in [-0.2, 0) is 6.42 Å². The number of nitrogens with zero attached hydrogens (tertiary/aromatic N) is 2. The Hall–Kier alpha value is -2.36. The number of aliphatic imine (C=N–C) groups is 1. The van der Waals surface area contributed by atoms with Crippen LogP contribution in [0.15, 0.2) is 53.7 Å². The lowest BCUT2D eigenvalue weighted by atomic mass is 10.1. The third kappa shape index (κ3) is 9.60. The van der Waals surface area contributed by atoms with E-state index in [0.717, 1.165) is 56.2 Å². The Morgan fingerprint density at radius 2 is 1.83 bits per heavy atom. The van der Waals surface area contributed by atoms with Gasteiger partial charge < -0.3 is 21.3 Å². The Kier molecular flexibility index (Phi) is 12.4. The first-order valence-electron chi connectivity index (χ1n) is 9.63. The molecule has 0 aliphatic rings. The number of hydrogen-bond donors (Lipinski definition) is 4. The fraction of sp³-hybridized carbons (Fsp3) is 0.381. The molecule has 0 fully saturated rings. The Morgan fingerprint density at radius 3 is 2.55 bits per heavy atom. The maximum Gasteiger partial charge on any atom is 0.251 e. The molecule has 0 aliphatic carbocycles. The van der Waals surface area contributed by atoms with Gasteiger partial charge in [0.25, 0.3) is 5.91 Å². The molecule has 2 rings (SSSR count). The van der Waals surface area contributed by atoms with E-state index in [1.54, 1.807) is 20.3 Å². The van der Waals surface area contributed by atoms with Crippen LogP contribution >= 0.6 is 24.0 Å². The van der Waals surface area contributed by atoms with Crippen LogP contribution in [0.1, 0.15) is 28.8 Å². The summed E-state index contributed by atoms with van der Waals surface area (Å²) in [5.41, 5.74) is 1.80. The zero-order chi connectivity index (χ0) is 20.0. The highest BCUT2D eigenvalue weighted by molar-refractivity contribution is 14.0. The van der Waals surface area contributed by atoms with Crippen LogP contribution in [0.2, 0.25) is 0 Å². The molecule has 7 nitrogen and oxygen atoms in total. The molecule has 29 heavy (non-hydrogen) atoms. The Balaban J connectivity index is 0.00000420. The van der Waals surface area contributed by atoms with E-state index in [1.807, 2.05) is 42.5 Å². The number of carbonyl (C=O) groups excluding carboxylic acids is 1. The molecule has 0 saturated carbocycles. The number of unbranched alkanes of at least 4 members (excludes halogenated alkanes) is 1. The van der Waals surface area contributed by atoms with Crippen LogP contribution in [0.5, 0.6) is 0 Å². The van der Waals surface area contributed by atoms with Gasteiger partial charge in [-0.3, -0.25) is 9.79 Å². The van der Waals surface area contributed by atoms with Gasteiger partial charge in [0.2, 0.25) is 0 Å². The molecule has 4 N–H and O–H groups in total. The van der Waals surface area contributed by atoms with E-state index in [-0.39, 0.29) is 29.9 Å². The molecule has 2 aromatic rings. The van der Waals surface area contributed by atoms with E-state index in [9.17, 15) is 4.79 Å². The zero-order valence-electron chi connectivity index (χ0n) is 17.1. The predicted octanol–water partition coefficient (Wildman–Crippen LogP) is 2.66. The summed E-state index contributed by atoms with van der Waals surface area (Å²) in [7, 11) is 3.41. The Labute approximate surface area is 190 Å². The summed E-state index contributed by atoms with van der Waals surface area (Å²) in [5, 5.41) is 12.6. The van der Waals surface area contributed by atoms with E-state index in [2.05, 4.69) is 31.2 Å². The topological polar surface area (TPSA) is 90.4 Å². The lowest BCUT2D eigenvalue weighted by Crippen LogP contribution is -2.38. The van der Waals surface area contributed by atoms with Crippen LogP contribution in [0, 0.1) is 0 Å². The number of carbonyl (C=O) groups is 1. The molecule has 1 aromatic carbocycles. The summed E-state index contributed by atoms with van der Waals surface area (Å²) in [6.07, 6.45) is 4.69. The van der Waals surface area contributed by atoms with Gasteiger partial charge in [0.05, 0.1) is 0 Å². The quantitative estimate of drug-likeness (QED) is 0.171. The van der Waals surface area contributed by atoms with Crippen molar-refractivity contribution in [2.24, 2.45) is 4.99 Å². The average molecular weight is 510 g/mol. The van der Waals surface area contributed by atoms with Crippen molar-refractivity contribution in [1.29, 1.82) is 0 Å². The number of aromatic nitrogens is 1. The van der Waals surface area contributed by atoms with E-state index in [0.29, 0.717) is 5.56 Å². The number of nitrogens with one attached hydrogen (secondary N) is 4. The largest absolute Gasteiger partial charge is 0.370 e. The van der Waals surface area contributed by atoms with Crippen LogP contribution in [0.25, 0.3) is 0 Å². The summed E-state index contributed by atoms with van der Waals surface area (Å²) in [6, 6.07) is 13.5. The highest BCUT2D eigenvalue weighted by atomic mass is 127. The number of pyridine rings is 1. The van der Waals surface area contributed by atoms with Crippen molar-refractivity contribution in [3.05, 3.63) is 59.8 Å². The van der Waals surface area contributed by atoms with Crippen LogP contribution in [0.3, 0.4) is 0 Å².